The summed E-state index contributed by atoms with van der Waals surface area (Å²) in [4.78, 5) is 15.7. The van der Waals surface area contributed by atoms with E-state index in [0.717, 1.165) is 23.1 Å². The van der Waals surface area contributed by atoms with Crippen LogP contribution in [-0.2, 0) is 11.2 Å². The summed E-state index contributed by atoms with van der Waals surface area (Å²) in [5, 5.41) is 12.0. The van der Waals surface area contributed by atoms with Gasteiger partial charge >= 0.3 is 0 Å². The molecule has 4 rings (SSSR count). The molecule has 1 fully saturated rings. The van der Waals surface area contributed by atoms with E-state index in [1.54, 1.807) is 16.2 Å². The van der Waals surface area contributed by atoms with Crippen LogP contribution in [-0.4, -0.2) is 33.5 Å². The first-order chi connectivity index (χ1) is 14.2. The average molecular weight is 427 g/mol. The van der Waals surface area contributed by atoms with Gasteiger partial charge in [0.2, 0.25) is 5.91 Å². The molecule has 3 aromatic rings. The van der Waals surface area contributed by atoms with Crippen molar-refractivity contribution in [2.24, 2.45) is 0 Å². The molecule has 0 bridgehead atoms. The highest BCUT2D eigenvalue weighted by Gasteiger charge is 2.24. The van der Waals surface area contributed by atoms with Gasteiger partial charge in [-0.1, -0.05) is 55.3 Å². The fourth-order valence-corrected chi connectivity index (χ4v) is 5.46. The molecule has 0 spiro atoms. The third-order valence-electron chi connectivity index (χ3n) is 5.43. The van der Waals surface area contributed by atoms with E-state index >= 15 is 0 Å². The van der Waals surface area contributed by atoms with Gasteiger partial charge in [0, 0.05) is 30.1 Å². The molecule has 1 amide bonds. The maximum Gasteiger partial charge on any atom is 0.237 e. The summed E-state index contributed by atoms with van der Waals surface area (Å²) in [7, 11) is 1.83. The molecular weight excluding hydrogens is 400 g/mol. The molecule has 7 heteroatoms. The Bertz CT molecular complexity index is 918. The molecule has 2 aromatic heterocycles. The van der Waals surface area contributed by atoms with Crippen LogP contribution in [0, 0.1) is 0 Å². The Kier molecular flexibility index (Phi) is 6.67. The van der Waals surface area contributed by atoms with Gasteiger partial charge in [-0.2, -0.15) is 0 Å². The van der Waals surface area contributed by atoms with Crippen molar-refractivity contribution in [3.63, 3.8) is 0 Å². The minimum absolute atomic E-state index is 0.0687. The Morgan fingerprint density at radius 2 is 1.93 bits per heavy atom. The molecule has 1 aromatic carbocycles. The highest BCUT2D eigenvalue weighted by atomic mass is 32.2. The number of aromatic nitrogens is 3. The Labute approximate surface area is 180 Å². The van der Waals surface area contributed by atoms with Crippen LogP contribution in [0.15, 0.2) is 53.0 Å². The van der Waals surface area contributed by atoms with Crippen LogP contribution in [0.3, 0.4) is 0 Å². The van der Waals surface area contributed by atoms with Crippen molar-refractivity contribution in [2.75, 3.05) is 17.7 Å². The molecule has 0 unspecified atom stereocenters. The number of hydrogen-bond donors (Lipinski definition) is 0. The van der Waals surface area contributed by atoms with E-state index in [9.17, 15) is 4.79 Å². The van der Waals surface area contributed by atoms with Gasteiger partial charge < -0.3 is 9.47 Å². The number of benzene rings is 1. The van der Waals surface area contributed by atoms with E-state index in [0.29, 0.717) is 11.8 Å². The lowest BCUT2D eigenvalue weighted by atomic mass is 9.95. The maximum absolute atomic E-state index is 12.7. The van der Waals surface area contributed by atoms with Crippen molar-refractivity contribution in [3.05, 3.63) is 58.5 Å². The van der Waals surface area contributed by atoms with Gasteiger partial charge in [0.05, 0.1) is 5.75 Å². The van der Waals surface area contributed by atoms with Gasteiger partial charge in [0.25, 0.3) is 0 Å². The average Bonchev–Trinajstić information content (AvgIpc) is 3.43. The largest absolute Gasteiger partial charge is 0.315 e. The lowest BCUT2D eigenvalue weighted by Gasteiger charge is -2.25. The van der Waals surface area contributed by atoms with Crippen molar-refractivity contribution >= 4 is 34.7 Å². The molecule has 2 heterocycles. The number of hydrogen-bond acceptors (Lipinski definition) is 5. The maximum atomic E-state index is 12.7. The molecule has 0 saturated heterocycles. The van der Waals surface area contributed by atoms with E-state index in [1.807, 2.05) is 37.4 Å². The Morgan fingerprint density at radius 1 is 1.14 bits per heavy atom. The minimum atomic E-state index is 0.0687. The first kappa shape index (κ1) is 20.2. The highest BCUT2D eigenvalue weighted by molar-refractivity contribution is 7.99. The molecule has 0 radical (unpaired) electrons. The quantitative estimate of drug-likeness (QED) is 0.488. The fourth-order valence-electron chi connectivity index (χ4n) is 3.82. The normalized spacial score (nSPS) is 14.8. The zero-order chi connectivity index (χ0) is 20.1. The van der Waals surface area contributed by atoms with Crippen LogP contribution >= 0.6 is 23.1 Å². The standard InChI is InChI=1S/C22H26N4OS2/c1-25(17-9-4-2-5-10-17)21(27)16-29-22-24-23-20(15-19-13-8-14-28-19)26(22)18-11-6-3-7-12-18/h2,4-5,8-10,13-14,18H,3,6-7,11-12,15-16H2,1H3. The second-order valence-electron chi connectivity index (χ2n) is 7.39. The van der Waals surface area contributed by atoms with Crippen LogP contribution < -0.4 is 4.90 Å². The van der Waals surface area contributed by atoms with Crippen molar-refractivity contribution in [1.29, 1.82) is 0 Å². The summed E-state index contributed by atoms with van der Waals surface area (Å²) in [6.45, 7) is 0. The minimum Gasteiger partial charge on any atom is -0.315 e. The zero-order valence-electron chi connectivity index (χ0n) is 16.7. The zero-order valence-corrected chi connectivity index (χ0v) is 18.3. The van der Waals surface area contributed by atoms with Gasteiger partial charge in [-0.15, -0.1) is 21.5 Å². The number of amides is 1. The smallest absolute Gasteiger partial charge is 0.237 e. The Hall–Kier alpha value is -2.12. The summed E-state index contributed by atoms with van der Waals surface area (Å²) in [6, 6.07) is 14.4. The second kappa shape index (κ2) is 9.59. The van der Waals surface area contributed by atoms with Gasteiger partial charge in [-0.05, 0) is 36.4 Å². The number of rotatable bonds is 7. The Balaban J connectivity index is 1.50. The van der Waals surface area contributed by atoms with Crippen LogP contribution in [0.5, 0.6) is 0 Å². The number of para-hydroxylation sites is 1. The molecule has 1 saturated carbocycles. The lowest BCUT2D eigenvalue weighted by molar-refractivity contribution is -0.115. The third-order valence-corrected chi connectivity index (χ3v) is 7.23. The van der Waals surface area contributed by atoms with Crippen molar-refractivity contribution < 1.29 is 4.79 Å². The predicted octanol–water partition coefficient (Wildman–Crippen LogP) is 5.19. The molecule has 29 heavy (non-hydrogen) atoms. The van der Waals surface area contributed by atoms with E-state index in [1.165, 1.54) is 48.7 Å². The Morgan fingerprint density at radius 3 is 2.66 bits per heavy atom. The fraction of sp³-hybridized carbons (Fsp3) is 0.409. The first-order valence-corrected chi connectivity index (χ1v) is 12.0. The summed E-state index contributed by atoms with van der Waals surface area (Å²) < 4.78 is 2.32. The van der Waals surface area contributed by atoms with Crippen molar-refractivity contribution in [3.8, 4) is 0 Å². The number of nitrogens with zero attached hydrogens (tertiary/aromatic N) is 4. The first-order valence-electron chi connectivity index (χ1n) is 10.1. The number of carbonyl (C=O) groups is 1. The molecule has 1 aliphatic rings. The van der Waals surface area contributed by atoms with Crippen molar-refractivity contribution in [1.82, 2.24) is 14.8 Å². The molecular formula is C22H26N4OS2. The number of thioether (sulfide) groups is 1. The topological polar surface area (TPSA) is 51.0 Å². The van der Waals surface area contributed by atoms with Gasteiger partial charge in [0.1, 0.15) is 5.82 Å². The summed E-state index contributed by atoms with van der Waals surface area (Å²) >= 11 is 3.26. The van der Waals surface area contributed by atoms with Gasteiger partial charge in [0.15, 0.2) is 5.16 Å². The van der Waals surface area contributed by atoms with E-state index < -0.39 is 0 Å². The predicted molar refractivity (Wildman–Crippen MR) is 120 cm³/mol. The molecule has 5 nitrogen and oxygen atoms in total. The molecule has 0 atom stereocenters. The van der Waals surface area contributed by atoms with Gasteiger partial charge in [-0.3, -0.25) is 4.79 Å². The number of thiophene rings is 1. The van der Waals surface area contributed by atoms with Crippen LogP contribution in [0.25, 0.3) is 0 Å². The van der Waals surface area contributed by atoms with E-state index in [4.69, 9.17) is 0 Å². The summed E-state index contributed by atoms with van der Waals surface area (Å²) in [5.41, 5.74) is 0.908. The lowest BCUT2D eigenvalue weighted by Crippen LogP contribution is -2.28. The van der Waals surface area contributed by atoms with Crippen LogP contribution in [0.1, 0.15) is 48.8 Å². The van der Waals surface area contributed by atoms with Crippen LogP contribution in [0.4, 0.5) is 5.69 Å². The van der Waals surface area contributed by atoms with Crippen LogP contribution in [0.2, 0.25) is 0 Å². The summed E-state index contributed by atoms with van der Waals surface area (Å²) in [6.07, 6.45) is 6.95. The molecule has 1 aliphatic carbocycles. The number of anilines is 1. The van der Waals surface area contributed by atoms with Gasteiger partial charge in [-0.25, -0.2) is 0 Å². The highest BCUT2D eigenvalue weighted by Crippen LogP contribution is 2.33. The monoisotopic (exact) mass is 426 g/mol. The van der Waals surface area contributed by atoms with E-state index in [-0.39, 0.29) is 5.91 Å². The number of carbonyl (C=O) groups excluding carboxylic acids is 1. The van der Waals surface area contributed by atoms with Crippen molar-refractivity contribution in [2.45, 2.75) is 49.7 Å². The van der Waals surface area contributed by atoms with E-state index in [2.05, 4.69) is 32.3 Å². The summed E-state index contributed by atoms with van der Waals surface area (Å²) in [5.74, 6) is 1.44. The third kappa shape index (κ3) is 4.90. The molecule has 0 aliphatic heterocycles. The molecule has 0 N–H and O–H groups in total. The SMILES string of the molecule is CN(C(=O)CSc1nnc(Cc2cccs2)n1C1CCCCC1)c1ccccc1. The second-order valence-corrected chi connectivity index (χ2v) is 9.37. The molecule has 152 valence electrons.